The number of hydrogen-bond acceptors (Lipinski definition) is 4. The van der Waals surface area contributed by atoms with Crippen LogP contribution < -0.4 is 0 Å². The average Bonchev–Trinajstić information content (AvgIpc) is 2.74. The number of rotatable bonds is 1. The van der Waals surface area contributed by atoms with Crippen molar-refractivity contribution in [1.82, 2.24) is 0 Å². The first-order chi connectivity index (χ1) is 8.93. The maximum atomic E-state index is 12.9. The van der Waals surface area contributed by atoms with Crippen LogP contribution in [0.25, 0.3) is 0 Å². The topological polar surface area (TPSA) is 43.2 Å². The van der Waals surface area contributed by atoms with E-state index < -0.39 is 17.8 Å². The van der Waals surface area contributed by atoms with Gasteiger partial charge >= 0.3 is 6.18 Å². The summed E-state index contributed by atoms with van der Waals surface area (Å²) in [6.45, 7) is 1.81. The molecule has 0 aromatic heterocycles. The lowest BCUT2D eigenvalue weighted by molar-refractivity contribution is -0.0634. The summed E-state index contributed by atoms with van der Waals surface area (Å²) in [5.74, 6) is -0.329. The molecule has 2 aliphatic heterocycles. The molecule has 0 fully saturated rings. The molecule has 7 heteroatoms. The molecule has 0 aliphatic carbocycles. The molecule has 2 aliphatic rings. The maximum absolute atomic E-state index is 12.9. The summed E-state index contributed by atoms with van der Waals surface area (Å²) in [7, 11) is 1.53. The second-order valence-electron chi connectivity index (χ2n) is 4.90. The third-order valence-corrected chi connectivity index (χ3v) is 3.71. The minimum atomic E-state index is -4.43. The van der Waals surface area contributed by atoms with Crippen molar-refractivity contribution in [2.24, 2.45) is 22.0 Å². The van der Waals surface area contributed by atoms with Crippen molar-refractivity contribution >= 4 is 11.6 Å². The van der Waals surface area contributed by atoms with E-state index in [-0.39, 0.29) is 18.6 Å². The van der Waals surface area contributed by atoms with Crippen molar-refractivity contribution < 1.29 is 22.7 Å². The smallest absolute Gasteiger partial charge is 0.433 e. The van der Waals surface area contributed by atoms with Crippen LogP contribution in [0.5, 0.6) is 0 Å². The van der Waals surface area contributed by atoms with Gasteiger partial charge in [0, 0.05) is 6.42 Å². The van der Waals surface area contributed by atoms with Gasteiger partial charge in [-0.3, -0.25) is 4.99 Å². The molecule has 0 aromatic carbocycles. The number of methoxy groups -OCH3 is 1. The Morgan fingerprint density at radius 1 is 1.37 bits per heavy atom. The summed E-state index contributed by atoms with van der Waals surface area (Å²) in [5.41, 5.74) is -0.805. The molecule has 108 valence electrons. The first-order valence-electron chi connectivity index (χ1n) is 6.31. The van der Waals surface area contributed by atoms with Crippen molar-refractivity contribution in [2.45, 2.75) is 38.4 Å². The summed E-state index contributed by atoms with van der Waals surface area (Å²) in [4.78, 5) is 9.03. The van der Waals surface area contributed by atoms with Crippen molar-refractivity contribution in [1.29, 1.82) is 0 Å². The molecule has 4 nitrogen and oxygen atoms in total. The van der Waals surface area contributed by atoms with Gasteiger partial charge in [-0.15, -0.1) is 0 Å². The normalized spacial score (nSPS) is 32.2. The van der Waals surface area contributed by atoms with Crippen molar-refractivity contribution in [2.75, 3.05) is 13.7 Å². The van der Waals surface area contributed by atoms with Crippen LogP contribution in [0.3, 0.4) is 0 Å². The van der Waals surface area contributed by atoms with E-state index in [4.69, 9.17) is 4.74 Å². The molecule has 3 atom stereocenters. The van der Waals surface area contributed by atoms with Gasteiger partial charge in [-0.2, -0.15) is 13.2 Å². The molecule has 0 bridgehead atoms. The zero-order chi connectivity index (χ0) is 14.0. The molecular weight excluding hydrogens is 261 g/mol. The number of hydrogen-bond donors (Lipinski definition) is 0. The van der Waals surface area contributed by atoms with E-state index in [1.165, 1.54) is 7.11 Å². The van der Waals surface area contributed by atoms with Crippen LogP contribution in [0.1, 0.15) is 26.2 Å². The van der Waals surface area contributed by atoms with E-state index in [0.717, 1.165) is 6.42 Å². The molecule has 0 N–H and O–H groups in total. The number of ether oxygens (including phenoxy) is 1. The van der Waals surface area contributed by atoms with Gasteiger partial charge in [0.15, 0.2) is 11.6 Å². The molecule has 0 saturated heterocycles. The molecule has 0 radical (unpaired) electrons. The Kier molecular flexibility index (Phi) is 4.01. The zero-order valence-corrected chi connectivity index (χ0v) is 10.9. The van der Waals surface area contributed by atoms with E-state index in [2.05, 4.69) is 15.0 Å². The molecule has 2 heterocycles. The Balaban J connectivity index is 2.17. The van der Waals surface area contributed by atoms with Crippen molar-refractivity contribution in [3.8, 4) is 0 Å². The van der Waals surface area contributed by atoms with Gasteiger partial charge in [-0.1, -0.05) is 5.16 Å². The number of nitrogens with zero attached hydrogens (tertiary/aromatic N) is 2. The summed E-state index contributed by atoms with van der Waals surface area (Å²) < 4.78 is 43.7. The SMILES string of the molecule is COC1=NC(C)C(C2CON=C2C(F)(F)F)CCC1. The van der Waals surface area contributed by atoms with Gasteiger partial charge in [0.25, 0.3) is 0 Å². The first kappa shape index (κ1) is 14.1. The van der Waals surface area contributed by atoms with Crippen LogP contribution in [0, 0.1) is 11.8 Å². The minimum Gasteiger partial charge on any atom is -0.484 e. The molecule has 19 heavy (non-hydrogen) atoms. The lowest BCUT2D eigenvalue weighted by Gasteiger charge is -2.25. The van der Waals surface area contributed by atoms with Crippen molar-refractivity contribution in [3.05, 3.63) is 0 Å². The summed E-state index contributed by atoms with van der Waals surface area (Å²) in [6, 6.07) is -0.225. The van der Waals surface area contributed by atoms with Crippen LogP contribution >= 0.6 is 0 Å². The lowest BCUT2D eigenvalue weighted by atomic mass is 9.81. The lowest BCUT2D eigenvalue weighted by Crippen LogP contribution is -2.37. The van der Waals surface area contributed by atoms with Crippen LogP contribution in [0.2, 0.25) is 0 Å². The van der Waals surface area contributed by atoms with E-state index in [1.54, 1.807) is 0 Å². The highest BCUT2D eigenvalue weighted by Crippen LogP contribution is 2.36. The summed E-state index contributed by atoms with van der Waals surface area (Å²) in [5, 5.41) is 3.18. The Hall–Kier alpha value is -1.27. The number of oxime groups is 1. The summed E-state index contributed by atoms with van der Waals surface area (Å²) >= 11 is 0. The second-order valence-corrected chi connectivity index (χ2v) is 4.90. The van der Waals surface area contributed by atoms with E-state index in [0.29, 0.717) is 18.7 Å². The van der Waals surface area contributed by atoms with E-state index in [9.17, 15) is 13.2 Å². The fourth-order valence-corrected chi connectivity index (χ4v) is 2.73. The average molecular weight is 278 g/mol. The minimum absolute atomic E-state index is 0.0122. The molecule has 2 rings (SSSR count). The van der Waals surface area contributed by atoms with Crippen LogP contribution in [-0.2, 0) is 9.57 Å². The largest absolute Gasteiger partial charge is 0.484 e. The first-order valence-corrected chi connectivity index (χ1v) is 6.31. The highest BCUT2D eigenvalue weighted by Gasteiger charge is 2.48. The Morgan fingerprint density at radius 3 is 2.74 bits per heavy atom. The van der Waals surface area contributed by atoms with Gasteiger partial charge < -0.3 is 9.57 Å². The fraction of sp³-hybridized carbons (Fsp3) is 0.833. The highest BCUT2D eigenvalue weighted by molar-refractivity contribution is 5.92. The van der Waals surface area contributed by atoms with Crippen LogP contribution in [0.4, 0.5) is 13.2 Å². The van der Waals surface area contributed by atoms with E-state index >= 15 is 0 Å². The van der Waals surface area contributed by atoms with Gasteiger partial charge in [-0.05, 0) is 25.7 Å². The maximum Gasteiger partial charge on any atom is 0.433 e. The summed E-state index contributed by atoms with van der Waals surface area (Å²) in [6.07, 6.45) is -2.33. The molecule has 0 amide bonds. The van der Waals surface area contributed by atoms with E-state index in [1.807, 2.05) is 6.92 Å². The monoisotopic (exact) mass is 278 g/mol. The van der Waals surface area contributed by atoms with Gasteiger partial charge in [-0.25, -0.2) is 0 Å². The predicted molar refractivity (Wildman–Crippen MR) is 64.2 cm³/mol. The molecular formula is C12H17F3N2O2. The Bertz CT molecular complexity index is 393. The third-order valence-electron chi connectivity index (χ3n) is 3.71. The molecule has 0 spiro atoms. The standard InChI is InChI=1S/C12H17F3N2O2/c1-7-8(4-3-5-10(16-7)18-2)9-6-19-17-11(9)12(13,14)15/h7-9H,3-6H2,1-2H3. The number of aliphatic imine (C=N–C) groups is 1. The second kappa shape index (κ2) is 5.38. The Morgan fingerprint density at radius 2 is 2.11 bits per heavy atom. The Labute approximate surface area is 109 Å². The van der Waals surface area contributed by atoms with Crippen molar-refractivity contribution in [3.63, 3.8) is 0 Å². The highest BCUT2D eigenvalue weighted by atomic mass is 19.4. The number of halogens is 3. The van der Waals surface area contributed by atoms with Gasteiger partial charge in [0.2, 0.25) is 0 Å². The van der Waals surface area contributed by atoms with Gasteiger partial charge in [0.1, 0.15) is 6.61 Å². The van der Waals surface area contributed by atoms with Crippen LogP contribution in [-0.4, -0.2) is 37.5 Å². The van der Waals surface area contributed by atoms with Crippen LogP contribution in [0.15, 0.2) is 10.1 Å². The zero-order valence-electron chi connectivity index (χ0n) is 10.9. The quantitative estimate of drug-likeness (QED) is 0.740. The number of alkyl halides is 3. The molecule has 3 unspecified atom stereocenters. The molecule has 0 saturated carbocycles. The van der Waals surface area contributed by atoms with Gasteiger partial charge in [0.05, 0.1) is 19.1 Å². The predicted octanol–water partition coefficient (Wildman–Crippen LogP) is 2.78. The fourth-order valence-electron chi connectivity index (χ4n) is 2.73. The third kappa shape index (κ3) is 3.01. The molecule has 0 aromatic rings.